The molecule has 1 saturated carbocycles. The highest BCUT2D eigenvalue weighted by Crippen LogP contribution is 2.32. The van der Waals surface area contributed by atoms with Gasteiger partial charge in [-0.2, -0.15) is 0 Å². The molecule has 0 aromatic carbocycles. The molecule has 1 aliphatic carbocycles. The van der Waals surface area contributed by atoms with Crippen LogP contribution in [0.4, 0.5) is 0 Å². The molecule has 1 amide bonds. The van der Waals surface area contributed by atoms with E-state index in [1.54, 1.807) is 0 Å². The molecule has 0 aromatic rings. The number of rotatable bonds is 3. The van der Waals surface area contributed by atoms with Gasteiger partial charge in [0.1, 0.15) is 0 Å². The fourth-order valence-electron chi connectivity index (χ4n) is 3.38. The van der Waals surface area contributed by atoms with Crippen LogP contribution in [0.2, 0.25) is 0 Å². The molecule has 2 fully saturated rings. The van der Waals surface area contributed by atoms with Crippen LogP contribution in [0.3, 0.4) is 0 Å². The standard InChI is InChI=1S/C15H28N2O2/c1-14(19)8-10-17(11-9-14)13(18)12-15(16-2)6-4-3-5-7-15/h16,19H,3-12H2,1-2H3. The number of carbonyl (C=O) groups is 1. The van der Waals surface area contributed by atoms with Gasteiger partial charge in [0.25, 0.3) is 0 Å². The summed E-state index contributed by atoms with van der Waals surface area (Å²) in [7, 11) is 1.99. The van der Waals surface area contributed by atoms with Crippen LogP contribution in [0.15, 0.2) is 0 Å². The zero-order chi connectivity index (χ0) is 13.9. The minimum Gasteiger partial charge on any atom is -0.390 e. The third-order valence-corrected chi connectivity index (χ3v) is 5.02. The molecular weight excluding hydrogens is 240 g/mol. The van der Waals surface area contributed by atoms with Crippen molar-refractivity contribution in [2.75, 3.05) is 20.1 Å². The van der Waals surface area contributed by atoms with Crippen LogP contribution >= 0.6 is 0 Å². The highest BCUT2D eigenvalue weighted by atomic mass is 16.3. The fraction of sp³-hybridized carbons (Fsp3) is 0.933. The largest absolute Gasteiger partial charge is 0.390 e. The van der Waals surface area contributed by atoms with Crippen molar-refractivity contribution < 1.29 is 9.90 Å². The maximum atomic E-state index is 12.4. The number of aliphatic hydroxyl groups is 1. The molecule has 4 nitrogen and oxygen atoms in total. The Morgan fingerprint density at radius 3 is 2.26 bits per heavy atom. The Morgan fingerprint density at radius 1 is 1.16 bits per heavy atom. The van der Waals surface area contributed by atoms with E-state index in [9.17, 15) is 9.90 Å². The summed E-state index contributed by atoms with van der Waals surface area (Å²) in [4.78, 5) is 14.4. The van der Waals surface area contributed by atoms with Crippen molar-refractivity contribution in [1.29, 1.82) is 0 Å². The summed E-state index contributed by atoms with van der Waals surface area (Å²) < 4.78 is 0. The van der Waals surface area contributed by atoms with Crippen LogP contribution in [-0.2, 0) is 4.79 Å². The van der Waals surface area contributed by atoms with E-state index in [-0.39, 0.29) is 11.4 Å². The normalized spacial score (nSPS) is 26.2. The lowest BCUT2D eigenvalue weighted by atomic mass is 9.79. The van der Waals surface area contributed by atoms with Crippen LogP contribution in [-0.4, -0.2) is 47.2 Å². The Bertz CT molecular complexity index is 312. The summed E-state index contributed by atoms with van der Waals surface area (Å²) in [5.74, 6) is 0.256. The molecule has 2 N–H and O–H groups in total. The van der Waals surface area contributed by atoms with Crippen LogP contribution in [0.1, 0.15) is 58.3 Å². The maximum Gasteiger partial charge on any atom is 0.224 e. The van der Waals surface area contributed by atoms with E-state index in [1.807, 2.05) is 18.9 Å². The van der Waals surface area contributed by atoms with Gasteiger partial charge in [0.15, 0.2) is 0 Å². The van der Waals surface area contributed by atoms with Gasteiger partial charge in [0, 0.05) is 25.0 Å². The first-order valence-corrected chi connectivity index (χ1v) is 7.66. The van der Waals surface area contributed by atoms with E-state index in [4.69, 9.17) is 0 Å². The Morgan fingerprint density at radius 2 is 1.74 bits per heavy atom. The summed E-state index contributed by atoms with van der Waals surface area (Å²) in [6, 6.07) is 0. The second-order valence-electron chi connectivity index (χ2n) is 6.65. The molecular formula is C15H28N2O2. The Hall–Kier alpha value is -0.610. The van der Waals surface area contributed by atoms with Gasteiger partial charge >= 0.3 is 0 Å². The van der Waals surface area contributed by atoms with E-state index >= 15 is 0 Å². The molecule has 110 valence electrons. The molecule has 0 bridgehead atoms. The van der Waals surface area contributed by atoms with Crippen molar-refractivity contribution in [3.05, 3.63) is 0 Å². The third kappa shape index (κ3) is 3.69. The van der Waals surface area contributed by atoms with Crippen molar-refractivity contribution in [2.45, 2.75) is 69.4 Å². The van der Waals surface area contributed by atoms with Gasteiger partial charge in [-0.25, -0.2) is 0 Å². The number of hydrogen-bond donors (Lipinski definition) is 2. The molecule has 4 heteroatoms. The van der Waals surface area contributed by atoms with Gasteiger partial charge < -0.3 is 15.3 Å². The number of nitrogens with one attached hydrogen (secondary N) is 1. The lowest BCUT2D eigenvalue weighted by Gasteiger charge is -2.40. The molecule has 1 aliphatic heterocycles. The lowest BCUT2D eigenvalue weighted by molar-refractivity contribution is -0.136. The Labute approximate surface area is 116 Å². The van der Waals surface area contributed by atoms with Gasteiger partial charge in [-0.05, 0) is 39.7 Å². The SMILES string of the molecule is CNC1(CC(=O)N2CCC(C)(O)CC2)CCCCC1. The molecule has 0 atom stereocenters. The van der Waals surface area contributed by atoms with Gasteiger partial charge in [0.05, 0.1) is 5.60 Å². The quantitative estimate of drug-likeness (QED) is 0.818. The molecule has 0 unspecified atom stereocenters. The van der Waals surface area contributed by atoms with Gasteiger partial charge in [-0.3, -0.25) is 4.79 Å². The summed E-state index contributed by atoms with van der Waals surface area (Å²) in [6.07, 6.45) is 7.99. The van der Waals surface area contributed by atoms with E-state index < -0.39 is 5.60 Å². The second kappa shape index (κ2) is 5.80. The summed E-state index contributed by atoms with van der Waals surface area (Å²) in [6.45, 7) is 3.27. The first kappa shape index (κ1) is 14.8. The zero-order valence-electron chi connectivity index (χ0n) is 12.4. The van der Waals surface area contributed by atoms with Crippen LogP contribution in [0.5, 0.6) is 0 Å². The van der Waals surface area contributed by atoms with Crippen LogP contribution in [0, 0.1) is 0 Å². The second-order valence-corrected chi connectivity index (χ2v) is 6.65. The van der Waals surface area contributed by atoms with Crippen molar-refractivity contribution in [1.82, 2.24) is 10.2 Å². The molecule has 1 heterocycles. The zero-order valence-corrected chi connectivity index (χ0v) is 12.4. The maximum absolute atomic E-state index is 12.4. The smallest absolute Gasteiger partial charge is 0.224 e. The summed E-state index contributed by atoms with van der Waals surface area (Å²) in [5, 5.41) is 13.3. The Kier molecular flexibility index (Phi) is 4.51. The predicted octanol–water partition coefficient (Wildman–Crippen LogP) is 1.67. The van der Waals surface area contributed by atoms with Gasteiger partial charge in [0.2, 0.25) is 5.91 Å². The molecule has 0 radical (unpaired) electrons. The molecule has 1 saturated heterocycles. The molecule has 0 aromatic heterocycles. The molecule has 2 aliphatic rings. The minimum absolute atomic E-state index is 0.0231. The van der Waals surface area contributed by atoms with E-state index in [2.05, 4.69) is 5.32 Å². The lowest BCUT2D eigenvalue weighted by Crippen LogP contribution is -2.51. The highest BCUT2D eigenvalue weighted by molar-refractivity contribution is 5.77. The predicted molar refractivity (Wildman–Crippen MR) is 75.9 cm³/mol. The topological polar surface area (TPSA) is 52.6 Å². The number of carbonyl (C=O) groups excluding carboxylic acids is 1. The molecule has 2 rings (SSSR count). The number of likely N-dealkylation sites (tertiary alicyclic amines) is 1. The summed E-state index contributed by atoms with van der Waals surface area (Å²) >= 11 is 0. The molecule has 0 spiro atoms. The van der Waals surface area contributed by atoms with Crippen LogP contribution < -0.4 is 5.32 Å². The number of nitrogens with zero attached hydrogens (tertiary/aromatic N) is 1. The van der Waals surface area contributed by atoms with Crippen molar-refractivity contribution in [3.8, 4) is 0 Å². The van der Waals surface area contributed by atoms with E-state index in [1.165, 1.54) is 19.3 Å². The molecule has 19 heavy (non-hydrogen) atoms. The monoisotopic (exact) mass is 268 g/mol. The van der Waals surface area contributed by atoms with Crippen molar-refractivity contribution in [2.24, 2.45) is 0 Å². The number of piperidine rings is 1. The van der Waals surface area contributed by atoms with Gasteiger partial charge in [-0.15, -0.1) is 0 Å². The summed E-state index contributed by atoms with van der Waals surface area (Å²) in [5.41, 5.74) is -0.558. The van der Waals surface area contributed by atoms with Crippen LogP contribution in [0.25, 0.3) is 0 Å². The average Bonchev–Trinajstić information content (AvgIpc) is 2.39. The average molecular weight is 268 g/mol. The Balaban J connectivity index is 1.89. The van der Waals surface area contributed by atoms with Crippen molar-refractivity contribution >= 4 is 5.91 Å². The van der Waals surface area contributed by atoms with E-state index in [0.29, 0.717) is 32.4 Å². The minimum atomic E-state index is -0.581. The van der Waals surface area contributed by atoms with E-state index in [0.717, 1.165) is 12.8 Å². The van der Waals surface area contributed by atoms with Gasteiger partial charge in [-0.1, -0.05) is 19.3 Å². The first-order valence-electron chi connectivity index (χ1n) is 7.66. The number of amides is 1. The highest BCUT2D eigenvalue weighted by Gasteiger charge is 2.36. The van der Waals surface area contributed by atoms with Crippen molar-refractivity contribution in [3.63, 3.8) is 0 Å². The first-order chi connectivity index (χ1) is 8.96. The fourth-order valence-corrected chi connectivity index (χ4v) is 3.38. The number of hydrogen-bond acceptors (Lipinski definition) is 3. The third-order valence-electron chi connectivity index (χ3n) is 5.02.